The average molecular weight is 280 g/mol. The molecule has 1 saturated heterocycles. The maximum absolute atomic E-state index is 12.1. The lowest BCUT2D eigenvalue weighted by Crippen LogP contribution is -2.53. The summed E-state index contributed by atoms with van der Waals surface area (Å²) >= 11 is 0. The molecular formula is C14H24N4O2. The van der Waals surface area contributed by atoms with Gasteiger partial charge < -0.3 is 15.0 Å². The van der Waals surface area contributed by atoms with Crippen LogP contribution in [0.1, 0.15) is 27.2 Å². The Kier molecular flexibility index (Phi) is 4.65. The Morgan fingerprint density at radius 2 is 2.30 bits per heavy atom. The number of ether oxygens (including phenoxy) is 1. The van der Waals surface area contributed by atoms with E-state index in [4.69, 9.17) is 4.74 Å². The lowest BCUT2D eigenvalue weighted by atomic mass is 10.1. The van der Waals surface area contributed by atoms with Gasteiger partial charge in [-0.1, -0.05) is 0 Å². The van der Waals surface area contributed by atoms with Crippen molar-refractivity contribution in [3.8, 4) is 0 Å². The lowest BCUT2D eigenvalue weighted by molar-refractivity contribution is 0.0191. The molecule has 0 aromatic carbocycles. The van der Waals surface area contributed by atoms with Gasteiger partial charge in [-0.15, -0.1) is 0 Å². The van der Waals surface area contributed by atoms with Crippen LogP contribution < -0.4 is 5.32 Å². The molecule has 1 aliphatic rings. The van der Waals surface area contributed by atoms with Crippen LogP contribution in [-0.4, -0.2) is 52.1 Å². The van der Waals surface area contributed by atoms with E-state index in [0.717, 1.165) is 19.5 Å². The minimum Gasteiger partial charge on any atom is -0.444 e. The number of aryl methyl sites for hydroxylation is 1. The fraction of sp³-hybridized carbons (Fsp3) is 0.714. The number of aromatic nitrogens is 2. The van der Waals surface area contributed by atoms with E-state index < -0.39 is 5.60 Å². The van der Waals surface area contributed by atoms with Crippen molar-refractivity contribution < 1.29 is 9.53 Å². The quantitative estimate of drug-likeness (QED) is 0.911. The van der Waals surface area contributed by atoms with Gasteiger partial charge in [-0.05, 0) is 33.3 Å². The predicted molar refractivity (Wildman–Crippen MR) is 76.4 cm³/mol. The Balaban J connectivity index is 1.80. The van der Waals surface area contributed by atoms with Gasteiger partial charge >= 0.3 is 6.09 Å². The highest BCUT2D eigenvalue weighted by Crippen LogP contribution is 2.12. The fourth-order valence-corrected chi connectivity index (χ4v) is 2.23. The topological polar surface area (TPSA) is 59.4 Å². The van der Waals surface area contributed by atoms with Gasteiger partial charge in [0.2, 0.25) is 0 Å². The Morgan fingerprint density at radius 1 is 1.50 bits per heavy atom. The number of nitrogens with zero attached hydrogens (tertiary/aromatic N) is 3. The van der Waals surface area contributed by atoms with Crippen LogP contribution in [0.15, 0.2) is 18.5 Å². The van der Waals surface area contributed by atoms with Crippen LogP contribution in [0.2, 0.25) is 0 Å². The van der Waals surface area contributed by atoms with E-state index >= 15 is 0 Å². The SMILES string of the molecule is CC(C)(C)OC(=O)N1CCNC(CCn2cccn2)C1. The van der Waals surface area contributed by atoms with E-state index in [9.17, 15) is 4.79 Å². The molecule has 1 aromatic heterocycles. The number of hydrogen-bond acceptors (Lipinski definition) is 4. The third-order valence-corrected chi connectivity index (χ3v) is 3.17. The summed E-state index contributed by atoms with van der Waals surface area (Å²) < 4.78 is 7.33. The molecule has 1 aromatic rings. The molecule has 112 valence electrons. The summed E-state index contributed by atoms with van der Waals surface area (Å²) in [5.41, 5.74) is -0.438. The van der Waals surface area contributed by atoms with E-state index in [1.165, 1.54) is 0 Å². The number of amides is 1. The first kappa shape index (κ1) is 14.8. The molecule has 0 saturated carbocycles. The van der Waals surface area contributed by atoms with Crippen molar-refractivity contribution in [2.24, 2.45) is 0 Å². The molecule has 1 atom stereocenters. The highest BCUT2D eigenvalue weighted by Gasteiger charge is 2.27. The van der Waals surface area contributed by atoms with E-state index in [-0.39, 0.29) is 6.09 Å². The van der Waals surface area contributed by atoms with Crippen LogP contribution in [0.4, 0.5) is 4.79 Å². The van der Waals surface area contributed by atoms with Crippen LogP contribution in [-0.2, 0) is 11.3 Å². The van der Waals surface area contributed by atoms with Crippen molar-refractivity contribution in [2.45, 2.75) is 45.4 Å². The van der Waals surface area contributed by atoms with Gasteiger partial charge in [-0.2, -0.15) is 5.10 Å². The van der Waals surface area contributed by atoms with Crippen LogP contribution >= 0.6 is 0 Å². The number of carbonyl (C=O) groups is 1. The normalized spacial score (nSPS) is 19.9. The standard InChI is InChI=1S/C14H24N4O2/c1-14(2,3)20-13(19)17-10-7-15-12(11-17)5-9-18-8-4-6-16-18/h4,6,8,12,15H,5,7,9-11H2,1-3H3. The zero-order valence-electron chi connectivity index (χ0n) is 12.5. The van der Waals surface area contributed by atoms with E-state index in [1.807, 2.05) is 37.7 Å². The Labute approximate surface area is 120 Å². The molecule has 2 rings (SSSR count). The van der Waals surface area contributed by atoms with Crippen LogP contribution in [0, 0.1) is 0 Å². The largest absolute Gasteiger partial charge is 0.444 e. The molecule has 20 heavy (non-hydrogen) atoms. The summed E-state index contributed by atoms with van der Waals surface area (Å²) in [4.78, 5) is 13.8. The number of rotatable bonds is 3. The van der Waals surface area contributed by atoms with Crippen molar-refractivity contribution in [3.05, 3.63) is 18.5 Å². The molecule has 1 unspecified atom stereocenters. The highest BCUT2D eigenvalue weighted by molar-refractivity contribution is 5.68. The zero-order chi connectivity index (χ0) is 14.6. The Hall–Kier alpha value is -1.56. The van der Waals surface area contributed by atoms with E-state index in [1.54, 1.807) is 11.1 Å². The van der Waals surface area contributed by atoms with Crippen molar-refractivity contribution in [3.63, 3.8) is 0 Å². The third kappa shape index (κ3) is 4.52. The van der Waals surface area contributed by atoms with Crippen molar-refractivity contribution in [2.75, 3.05) is 19.6 Å². The van der Waals surface area contributed by atoms with Gasteiger partial charge in [-0.25, -0.2) is 4.79 Å². The Morgan fingerprint density at radius 3 is 2.95 bits per heavy atom. The fourth-order valence-electron chi connectivity index (χ4n) is 2.23. The molecule has 1 fully saturated rings. The lowest BCUT2D eigenvalue weighted by Gasteiger charge is -2.34. The smallest absolute Gasteiger partial charge is 0.410 e. The molecule has 0 bridgehead atoms. The van der Waals surface area contributed by atoms with Gasteiger partial charge in [0.25, 0.3) is 0 Å². The molecule has 0 radical (unpaired) electrons. The van der Waals surface area contributed by atoms with E-state index in [0.29, 0.717) is 19.1 Å². The number of hydrogen-bond donors (Lipinski definition) is 1. The molecule has 1 aliphatic heterocycles. The summed E-state index contributed by atoms with van der Waals surface area (Å²) in [5.74, 6) is 0. The maximum Gasteiger partial charge on any atom is 0.410 e. The average Bonchev–Trinajstić information content (AvgIpc) is 2.88. The maximum atomic E-state index is 12.1. The molecule has 2 heterocycles. The van der Waals surface area contributed by atoms with Crippen molar-refractivity contribution in [1.29, 1.82) is 0 Å². The summed E-state index contributed by atoms with van der Waals surface area (Å²) in [6.07, 6.45) is 4.46. The van der Waals surface area contributed by atoms with Gasteiger partial charge in [-0.3, -0.25) is 4.68 Å². The number of nitrogens with one attached hydrogen (secondary N) is 1. The van der Waals surface area contributed by atoms with Crippen molar-refractivity contribution >= 4 is 6.09 Å². The minimum atomic E-state index is -0.438. The second-order valence-electron chi connectivity index (χ2n) is 6.14. The molecule has 1 N–H and O–H groups in total. The van der Waals surface area contributed by atoms with Crippen LogP contribution in [0.25, 0.3) is 0 Å². The Bertz CT molecular complexity index is 425. The van der Waals surface area contributed by atoms with Gasteiger partial charge in [0.15, 0.2) is 0 Å². The first-order valence-corrected chi connectivity index (χ1v) is 7.13. The monoisotopic (exact) mass is 280 g/mol. The van der Waals surface area contributed by atoms with Crippen molar-refractivity contribution in [1.82, 2.24) is 20.0 Å². The summed E-state index contributed by atoms with van der Waals surface area (Å²) in [5, 5.41) is 7.63. The summed E-state index contributed by atoms with van der Waals surface area (Å²) in [7, 11) is 0. The second-order valence-corrected chi connectivity index (χ2v) is 6.14. The summed E-state index contributed by atoms with van der Waals surface area (Å²) in [6.45, 7) is 8.73. The first-order chi connectivity index (χ1) is 9.44. The van der Waals surface area contributed by atoms with Crippen LogP contribution in [0.5, 0.6) is 0 Å². The molecule has 6 nitrogen and oxygen atoms in total. The third-order valence-electron chi connectivity index (χ3n) is 3.17. The molecule has 0 spiro atoms. The second kappa shape index (κ2) is 6.26. The summed E-state index contributed by atoms with van der Waals surface area (Å²) in [6, 6.07) is 2.21. The number of carbonyl (C=O) groups excluding carboxylic acids is 1. The van der Waals surface area contributed by atoms with Gasteiger partial charge in [0, 0.05) is 44.6 Å². The highest BCUT2D eigenvalue weighted by atomic mass is 16.6. The molecule has 0 aliphatic carbocycles. The van der Waals surface area contributed by atoms with Crippen LogP contribution in [0.3, 0.4) is 0 Å². The molecule has 1 amide bonds. The van der Waals surface area contributed by atoms with Gasteiger partial charge in [0.1, 0.15) is 5.60 Å². The first-order valence-electron chi connectivity index (χ1n) is 7.13. The van der Waals surface area contributed by atoms with Gasteiger partial charge in [0.05, 0.1) is 0 Å². The predicted octanol–water partition coefficient (Wildman–Crippen LogP) is 1.48. The molecular weight excluding hydrogens is 256 g/mol. The van der Waals surface area contributed by atoms with E-state index in [2.05, 4.69) is 10.4 Å². The number of piperazine rings is 1. The molecule has 6 heteroatoms. The zero-order valence-corrected chi connectivity index (χ0v) is 12.5. The minimum absolute atomic E-state index is 0.219.